The summed E-state index contributed by atoms with van der Waals surface area (Å²) in [7, 11) is 0. The van der Waals surface area contributed by atoms with Crippen LogP contribution in [-0.4, -0.2) is 18.2 Å². The summed E-state index contributed by atoms with van der Waals surface area (Å²) in [5.41, 5.74) is 12.0. The summed E-state index contributed by atoms with van der Waals surface area (Å²) in [4.78, 5) is 2.53. The summed E-state index contributed by atoms with van der Waals surface area (Å²) in [6.45, 7) is 4.54. The van der Waals surface area contributed by atoms with Gasteiger partial charge >= 0.3 is 0 Å². The quantitative estimate of drug-likeness (QED) is 0.215. The number of nitrogens with zero attached hydrogens (tertiary/aromatic N) is 1. The number of aliphatic hydroxyl groups is 1. The fourth-order valence-corrected chi connectivity index (χ4v) is 10.6. The minimum absolute atomic E-state index is 0.0432. The summed E-state index contributed by atoms with van der Waals surface area (Å²) in [5.74, 6) is 2.38. The molecule has 3 aliphatic carbocycles. The molecule has 4 unspecified atom stereocenters. The van der Waals surface area contributed by atoms with Crippen LogP contribution in [0.2, 0.25) is 0 Å². The third-order valence-electron chi connectivity index (χ3n) is 12.7. The van der Waals surface area contributed by atoms with Crippen LogP contribution >= 0.6 is 0 Å². The Labute approximate surface area is 283 Å². The minimum Gasteiger partial charge on any atom is -0.472 e. The van der Waals surface area contributed by atoms with Crippen molar-refractivity contribution < 1.29 is 9.84 Å². The molecule has 5 aromatic rings. The van der Waals surface area contributed by atoms with E-state index in [0.29, 0.717) is 5.92 Å². The molecule has 5 aliphatic rings. The molecule has 1 spiro atoms. The van der Waals surface area contributed by atoms with Crippen molar-refractivity contribution in [1.82, 2.24) is 0 Å². The monoisotopic (exact) mass is 629 g/mol. The molecule has 48 heavy (non-hydrogen) atoms. The summed E-state index contributed by atoms with van der Waals surface area (Å²) in [6.07, 6.45) is 13.7. The lowest BCUT2D eigenvalue weighted by Gasteiger charge is -2.41. The zero-order valence-corrected chi connectivity index (χ0v) is 27.8. The number of ether oxygens (including phenoxy) is 1. The van der Waals surface area contributed by atoms with Crippen molar-refractivity contribution in [2.75, 3.05) is 18.0 Å². The average Bonchev–Trinajstić information content (AvgIpc) is 3.84. The van der Waals surface area contributed by atoms with Crippen LogP contribution < -0.4 is 9.64 Å². The van der Waals surface area contributed by atoms with E-state index in [1.54, 1.807) is 0 Å². The fourth-order valence-electron chi connectivity index (χ4n) is 10.6. The zero-order chi connectivity index (χ0) is 32.0. The van der Waals surface area contributed by atoms with E-state index in [4.69, 9.17) is 4.74 Å². The highest BCUT2D eigenvalue weighted by molar-refractivity contribution is 6.09. The van der Waals surface area contributed by atoms with Gasteiger partial charge in [-0.1, -0.05) is 90.9 Å². The van der Waals surface area contributed by atoms with Crippen molar-refractivity contribution in [2.45, 2.75) is 69.5 Å². The molecule has 1 N–H and O–H groups in total. The number of hydrogen-bond acceptors (Lipinski definition) is 3. The highest BCUT2D eigenvalue weighted by Gasteiger charge is 2.58. The first kappa shape index (κ1) is 28.7. The molecule has 2 bridgehead atoms. The molecule has 2 heterocycles. The molecule has 0 amide bonds. The third kappa shape index (κ3) is 3.91. The van der Waals surface area contributed by atoms with Crippen molar-refractivity contribution in [3.05, 3.63) is 136 Å². The Morgan fingerprint density at radius 1 is 0.833 bits per heavy atom. The van der Waals surface area contributed by atoms with Gasteiger partial charge in [-0.2, -0.15) is 0 Å². The molecular formula is C45H43NO2. The Hall–Kier alpha value is -4.34. The highest BCUT2D eigenvalue weighted by Crippen LogP contribution is 2.69. The van der Waals surface area contributed by atoms with Crippen molar-refractivity contribution in [2.24, 2.45) is 11.8 Å². The Kier molecular flexibility index (Phi) is 6.31. The molecule has 1 saturated heterocycles. The van der Waals surface area contributed by atoms with Crippen molar-refractivity contribution in [1.29, 1.82) is 0 Å². The van der Waals surface area contributed by atoms with E-state index in [0.717, 1.165) is 41.4 Å². The predicted molar refractivity (Wildman–Crippen MR) is 196 cm³/mol. The van der Waals surface area contributed by atoms with E-state index in [9.17, 15) is 5.11 Å². The molecule has 3 nitrogen and oxygen atoms in total. The maximum atomic E-state index is 10.3. The van der Waals surface area contributed by atoms with Crippen LogP contribution in [0, 0.1) is 18.8 Å². The first-order valence-corrected chi connectivity index (χ1v) is 18.2. The Morgan fingerprint density at radius 2 is 1.65 bits per heavy atom. The molecular weight excluding hydrogens is 587 g/mol. The second-order valence-corrected chi connectivity index (χ2v) is 15.3. The van der Waals surface area contributed by atoms with Gasteiger partial charge in [-0.15, -0.1) is 0 Å². The molecule has 10 rings (SSSR count). The number of piperidine rings is 1. The van der Waals surface area contributed by atoms with Gasteiger partial charge in [-0.25, -0.2) is 0 Å². The number of fused-ring (bicyclic) bond motifs is 13. The van der Waals surface area contributed by atoms with Gasteiger partial charge in [-0.3, -0.25) is 0 Å². The number of anilines is 1. The maximum Gasteiger partial charge on any atom is 0.178 e. The van der Waals surface area contributed by atoms with E-state index in [-0.39, 0.29) is 12.0 Å². The summed E-state index contributed by atoms with van der Waals surface area (Å²) >= 11 is 0. The molecule has 5 aromatic carbocycles. The van der Waals surface area contributed by atoms with Crippen LogP contribution in [0.4, 0.5) is 5.69 Å². The topological polar surface area (TPSA) is 32.7 Å². The number of aryl methyl sites for hydroxylation is 1. The Bertz CT molecular complexity index is 2110. The van der Waals surface area contributed by atoms with Crippen LogP contribution in [0.1, 0.15) is 83.9 Å². The lowest BCUT2D eigenvalue weighted by atomic mass is 9.65. The molecule has 3 fully saturated rings. The smallest absolute Gasteiger partial charge is 0.178 e. The van der Waals surface area contributed by atoms with Gasteiger partial charge in [0.1, 0.15) is 5.75 Å². The van der Waals surface area contributed by atoms with Crippen LogP contribution in [-0.2, 0) is 17.6 Å². The van der Waals surface area contributed by atoms with E-state index < -0.39 is 5.60 Å². The second-order valence-electron chi connectivity index (χ2n) is 15.3. The Balaban J connectivity index is 1.22. The van der Waals surface area contributed by atoms with Crippen LogP contribution in [0.5, 0.6) is 5.75 Å². The van der Waals surface area contributed by atoms with Crippen LogP contribution in [0.15, 0.2) is 97.1 Å². The molecule has 0 radical (unpaired) electrons. The first-order valence-electron chi connectivity index (χ1n) is 18.2. The van der Waals surface area contributed by atoms with Gasteiger partial charge in [-0.05, 0) is 115 Å². The lowest BCUT2D eigenvalue weighted by molar-refractivity contribution is 0.163. The molecule has 2 saturated carbocycles. The van der Waals surface area contributed by atoms with Crippen molar-refractivity contribution >= 4 is 22.5 Å². The SMILES string of the molecule is Cc1ccc2c3c(c4c(c2c1)OC(c1ccccc1)(c1ccc(N2CCCCC2)cc1)C=C4)C1(CC2CCC1C2)c1cc(CO)ccc1-3. The third-order valence-corrected chi connectivity index (χ3v) is 12.7. The summed E-state index contributed by atoms with van der Waals surface area (Å²) < 4.78 is 7.66. The number of aliphatic hydroxyl groups excluding tert-OH is 1. The number of rotatable bonds is 4. The normalized spacial score (nSPS) is 26.5. The van der Waals surface area contributed by atoms with Gasteiger partial charge < -0.3 is 14.7 Å². The largest absolute Gasteiger partial charge is 0.472 e. The molecule has 240 valence electrons. The molecule has 2 aliphatic heterocycles. The van der Waals surface area contributed by atoms with Crippen molar-refractivity contribution in [3.8, 4) is 16.9 Å². The van der Waals surface area contributed by atoms with Gasteiger partial charge in [0.15, 0.2) is 5.60 Å². The summed E-state index contributed by atoms with van der Waals surface area (Å²) in [6, 6.07) is 33.8. The molecule has 4 atom stereocenters. The highest BCUT2D eigenvalue weighted by atomic mass is 16.5. The number of hydrogen-bond donors (Lipinski definition) is 1. The minimum atomic E-state index is -0.753. The van der Waals surface area contributed by atoms with E-state index in [1.165, 1.54) is 94.8 Å². The maximum absolute atomic E-state index is 10.3. The van der Waals surface area contributed by atoms with Gasteiger partial charge in [0.05, 0.1) is 6.61 Å². The lowest BCUT2D eigenvalue weighted by Crippen LogP contribution is -2.36. The molecule has 3 heteroatoms. The van der Waals surface area contributed by atoms with Gasteiger partial charge in [0.2, 0.25) is 0 Å². The van der Waals surface area contributed by atoms with Crippen LogP contribution in [0.3, 0.4) is 0 Å². The Morgan fingerprint density at radius 3 is 2.40 bits per heavy atom. The van der Waals surface area contributed by atoms with Gasteiger partial charge in [0.25, 0.3) is 0 Å². The summed E-state index contributed by atoms with van der Waals surface area (Å²) in [5, 5.41) is 12.7. The van der Waals surface area contributed by atoms with E-state index in [2.05, 4.69) is 115 Å². The predicted octanol–water partition coefficient (Wildman–Crippen LogP) is 10.1. The zero-order valence-electron chi connectivity index (χ0n) is 27.8. The van der Waals surface area contributed by atoms with E-state index >= 15 is 0 Å². The van der Waals surface area contributed by atoms with Gasteiger partial charge in [0, 0.05) is 46.3 Å². The fraction of sp³-hybridized carbons (Fsp3) is 0.333. The standard InChI is InChI=1S/C45H43NO2/c1-29-10-18-36-39(24-29)43-38(42-41(36)37-19-12-31(28-47)26-40(37)44(42)27-30-11-13-34(44)25-30)20-21-45(48-43,32-8-4-2-5-9-32)33-14-16-35(17-15-33)46-22-6-3-7-23-46/h2,4-5,8-10,12,14-21,24,26,30,34,47H,3,6-7,11,13,22-23,25,27-28H2,1H3. The van der Waals surface area contributed by atoms with Crippen molar-refractivity contribution in [3.63, 3.8) is 0 Å². The van der Waals surface area contributed by atoms with Crippen LogP contribution in [0.25, 0.3) is 28.0 Å². The number of benzene rings is 5. The second kappa shape index (κ2) is 10.6. The molecule has 0 aromatic heterocycles. The average molecular weight is 630 g/mol. The van der Waals surface area contributed by atoms with E-state index in [1.807, 2.05) is 0 Å². The first-order chi connectivity index (χ1) is 23.6.